The van der Waals surface area contributed by atoms with Gasteiger partial charge in [0.25, 0.3) is 0 Å². The van der Waals surface area contributed by atoms with Gasteiger partial charge in [0.2, 0.25) is 0 Å². The topological polar surface area (TPSA) is 6.48 Å². The fourth-order valence-corrected chi connectivity index (χ4v) is 3.77. The molecule has 0 amide bonds. The molecule has 0 atom stereocenters. The molecule has 0 aliphatic carbocycles. The minimum Gasteiger partial charge on any atom is -0.365 e. The van der Waals surface area contributed by atoms with Crippen LogP contribution in [0.5, 0.6) is 0 Å². The highest BCUT2D eigenvalue weighted by molar-refractivity contribution is 7.98. The molecule has 110 valence electrons. The fourth-order valence-electron chi connectivity index (χ4n) is 2.66. The van der Waals surface area contributed by atoms with Crippen LogP contribution in [0, 0.1) is 0 Å². The highest BCUT2D eigenvalue weighted by Crippen LogP contribution is 2.36. The molecule has 2 aromatic rings. The summed E-state index contributed by atoms with van der Waals surface area (Å²) in [7, 11) is 4.28. The summed E-state index contributed by atoms with van der Waals surface area (Å²) in [6, 6.07) is 17.6. The van der Waals surface area contributed by atoms with E-state index in [4.69, 9.17) is 0 Å². The number of likely N-dealkylation sites (N-methyl/N-ethyl adjacent to an activating group) is 1. The van der Waals surface area contributed by atoms with Gasteiger partial charge in [-0.1, -0.05) is 36.4 Å². The normalized spacial score (nSPS) is 14.3. The lowest BCUT2D eigenvalue weighted by Gasteiger charge is -2.31. The van der Waals surface area contributed by atoms with Crippen LogP contribution in [0.15, 0.2) is 53.4 Å². The standard InChI is InChI=1S/C18H22N2S/c1-19(2)11-12-20-13-15-7-3-4-8-16(15)14-21-18-10-6-5-9-17(18)20/h3-10H,11-14H2,1-2H3. The molecule has 3 rings (SSSR count). The van der Waals surface area contributed by atoms with Crippen LogP contribution < -0.4 is 4.90 Å². The Bertz CT molecular complexity index is 610. The number of rotatable bonds is 3. The molecule has 0 fully saturated rings. The summed E-state index contributed by atoms with van der Waals surface area (Å²) >= 11 is 1.95. The van der Waals surface area contributed by atoms with Crippen molar-refractivity contribution in [3.63, 3.8) is 0 Å². The minimum atomic E-state index is 1.00. The van der Waals surface area contributed by atoms with Gasteiger partial charge in [-0.3, -0.25) is 0 Å². The first-order valence-corrected chi connectivity index (χ1v) is 8.41. The molecule has 2 nitrogen and oxygen atoms in total. The van der Waals surface area contributed by atoms with Gasteiger partial charge >= 0.3 is 0 Å². The molecule has 0 N–H and O–H groups in total. The molecule has 1 aliphatic heterocycles. The van der Waals surface area contributed by atoms with Crippen LogP contribution >= 0.6 is 11.8 Å². The second kappa shape index (κ2) is 6.54. The van der Waals surface area contributed by atoms with Crippen LogP contribution in [0.4, 0.5) is 5.69 Å². The second-order valence-electron chi connectivity index (χ2n) is 5.75. The number of thioether (sulfide) groups is 1. The van der Waals surface area contributed by atoms with Crippen molar-refractivity contribution in [2.24, 2.45) is 0 Å². The average Bonchev–Trinajstić information content (AvgIpc) is 2.48. The Morgan fingerprint density at radius 3 is 2.52 bits per heavy atom. The third-order valence-electron chi connectivity index (χ3n) is 3.89. The molecule has 1 aliphatic rings. The molecule has 0 radical (unpaired) electrons. The Hall–Kier alpha value is -1.45. The van der Waals surface area contributed by atoms with E-state index >= 15 is 0 Å². The number of fused-ring (bicyclic) bond motifs is 2. The van der Waals surface area contributed by atoms with E-state index in [1.54, 1.807) is 0 Å². The van der Waals surface area contributed by atoms with Crippen molar-refractivity contribution in [1.82, 2.24) is 4.90 Å². The zero-order valence-electron chi connectivity index (χ0n) is 12.7. The van der Waals surface area contributed by atoms with Gasteiger partial charge in [-0.25, -0.2) is 0 Å². The fraction of sp³-hybridized carbons (Fsp3) is 0.333. The summed E-state index contributed by atoms with van der Waals surface area (Å²) in [6.45, 7) is 3.13. The third kappa shape index (κ3) is 3.42. The van der Waals surface area contributed by atoms with E-state index in [-0.39, 0.29) is 0 Å². The third-order valence-corrected chi connectivity index (χ3v) is 5.00. The number of hydrogen-bond donors (Lipinski definition) is 0. The predicted molar refractivity (Wildman–Crippen MR) is 92.0 cm³/mol. The van der Waals surface area contributed by atoms with Gasteiger partial charge in [0.1, 0.15) is 0 Å². The van der Waals surface area contributed by atoms with Gasteiger partial charge in [-0.2, -0.15) is 0 Å². The van der Waals surface area contributed by atoms with Crippen molar-refractivity contribution in [3.8, 4) is 0 Å². The number of para-hydroxylation sites is 1. The Balaban J connectivity index is 1.94. The smallest absolute Gasteiger partial charge is 0.0507 e. The van der Waals surface area contributed by atoms with Gasteiger partial charge in [0.15, 0.2) is 0 Å². The van der Waals surface area contributed by atoms with Gasteiger partial charge in [-0.05, 0) is 37.4 Å². The van der Waals surface area contributed by atoms with Crippen LogP contribution in [0.2, 0.25) is 0 Å². The molecular weight excluding hydrogens is 276 g/mol. The maximum absolute atomic E-state index is 2.51. The molecule has 1 heterocycles. The molecule has 3 heteroatoms. The molecule has 0 unspecified atom stereocenters. The van der Waals surface area contributed by atoms with Crippen molar-refractivity contribution in [3.05, 3.63) is 59.7 Å². The molecule has 2 aromatic carbocycles. The monoisotopic (exact) mass is 298 g/mol. The van der Waals surface area contributed by atoms with Crippen LogP contribution in [0.1, 0.15) is 11.1 Å². The van der Waals surface area contributed by atoms with Crippen LogP contribution in [-0.2, 0) is 12.3 Å². The first-order valence-electron chi connectivity index (χ1n) is 7.42. The number of benzene rings is 2. The van der Waals surface area contributed by atoms with Gasteiger partial charge in [0, 0.05) is 30.3 Å². The molecule has 0 saturated carbocycles. The van der Waals surface area contributed by atoms with Crippen molar-refractivity contribution >= 4 is 17.4 Å². The van der Waals surface area contributed by atoms with E-state index < -0.39 is 0 Å². The van der Waals surface area contributed by atoms with Crippen molar-refractivity contribution < 1.29 is 0 Å². The summed E-state index contributed by atoms with van der Waals surface area (Å²) in [4.78, 5) is 6.16. The Labute approximate surface area is 131 Å². The quantitative estimate of drug-likeness (QED) is 0.849. The largest absolute Gasteiger partial charge is 0.365 e. The van der Waals surface area contributed by atoms with E-state index in [0.717, 1.165) is 25.4 Å². The first kappa shape index (κ1) is 14.5. The second-order valence-corrected chi connectivity index (χ2v) is 6.77. The van der Waals surface area contributed by atoms with E-state index in [9.17, 15) is 0 Å². The van der Waals surface area contributed by atoms with E-state index in [0.29, 0.717) is 0 Å². The van der Waals surface area contributed by atoms with Crippen molar-refractivity contribution in [1.29, 1.82) is 0 Å². The lowest BCUT2D eigenvalue weighted by atomic mass is 10.1. The van der Waals surface area contributed by atoms with Crippen LogP contribution in [0.25, 0.3) is 0 Å². The molecule has 0 saturated heterocycles. The number of hydrogen-bond acceptors (Lipinski definition) is 3. The summed E-state index contributed by atoms with van der Waals surface area (Å²) in [5.74, 6) is 1.06. The maximum Gasteiger partial charge on any atom is 0.0507 e. The van der Waals surface area contributed by atoms with Crippen molar-refractivity contribution in [2.45, 2.75) is 17.2 Å². The molecule has 21 heavy (non-hydrogen) atoms. The number of nitrogens with zero attached hydrogens (tertiary/aromatic N) is 2. The van der Waals surface area contributed by atoms with Gasteiger partial charge in [-0.15, -0.1) is 11.8 Å². The highest BCUT2D eigenvalue weighted by Gasteiger charge is 2.17. The molecule has 0 aromatic heterocycles. The Kier molecular flexibility index (Phi) is 4.51. The molecule has 0 bridgehead atoms. The Morgan fingerprint density at radius 1 is 1.00 bits per heavy atom. The average molecular weight is 298 g/mol. The Morgan fingerprint density at radius 2 is 1.71 bits per heavy atom. The minimum absolute atomic E-state index is 1.00. The highest BCUT2D eigenvalue weighted by atomic mass is 32.2. The SMILES string of the molecule is CN(C)CCN1Cc2ccccc2CSc2ccccc21. The summed E-state index contributed by atoms with van der Waals surface area (Å²) in [5.41, 5.74) is 4.30. The van der Waals surface area contributed by atoms with E-state index in [1.165, 1.54) is 21.7 Å². The van der Waals surface area contributed by atoms with Crippen LogP contribution in [0.3, 0.4) is 0 Å². The number of anilines is 1. The zero-order valence-corrected chi connectivity index (χ0v) is 13.6. The lowest BCUT2D eigenvalue weighted by molar-refractivity contribution is 0.412. The summed E-state index contributed by atoms with van der Waals surface area (Å²) in [5, 5.41) is 0. The summed E-state index contributed by atoms with van der Waals surface area (Å²) in [6.07, 6.45) is 0. The van der Waals surface area contributed by atoms with E-state index in [1.807, 2.05) is 11.8 Å². The maximum atomic E-state index is 2.51. The lowest BCUT2D eigenvalue weighted by Crippen LogP contribution is -2.32. The van der Waals surface area contributed by atoms with E-state index in [2.05, 4.69) is 72.4 Å². The van der Waals surface area contributed by atoms with Crippen LogP contribution in [-0.4, -0.2) is 32.1 Å². The molecular formula is C18H22N2S. The van der Waals surface area contributed by atoms with Crippen molar-refractivity contribution in [2.75, 3.05) is 32.1 Å². The summed E-state index contributed by atoms with van der Waals surface area (Å²) < 4.78 is 0. The first-order chi connectivity index (χ1) is 10.2. The zero-order chi connectivity index (χ0) is 14.7. The molecule has 0 spiro atoms. The predicted octanol–water partition coefficient (Wildman–Crippen LogP) is 3.86. The van der Waals surface area contributed by atoms with Gasteiger partial charge in [0.05, 0.1) is 5.69 Å². The van der Waals surface area contributed by atoms with Gasteiger partial charge < -0.3 is 9.80 Å².